The van der Waals surface area contributed by atoms with E-state index in [1.165, 1.54) is 0 Å². The quantitative estimate of drug-likeness (QED) is 0.0401. The first-order chi connectivity index (χ1) is 49.1. The van der Waals surface area contributed by atoms with Gasteiger partial charge in [0.2, 0.25) is 0 Å². The summed E-state index contributed by atoms with van der Waals surface area (Å²) in [6.45, 7) is 45.4. The van der Waals surface area contributed by atoms with E-state index in [9.17, 15) is 0 Å². The van der Waals surface area contributed by atoms with Crippen LogP contribution in [0.4, 0.5) is 22.7 Å². The molecule has 0 N–H and O–H groups in total. The fourth-order valence-electron chi connectivity index (χ4n) is 9.33. The Morgan fingerprint density at radius 1 is 0.324 bits per heavy atom. The lowest BCUT2D eigenvalue weighted by Gasteiger charge is -2.32. The number of hydrogen-bond donors (Lipinski definition) is 0. The van der Waals surface area contributed by atoms with Crippen LogP contribution in [0.15, 0.2) is 170 Å². The van der Waals surface area contributed by atoms with Crippen molar-refractivity contribution in [2.75, 3.05) is 39.6 Å². The van der Waals surface area contributed by atoms with Crippen LogP contribution in [0.25, 0.3) is 19.4 Å². The Balaban J connectivity index is 0.000000158. The fourth-order valence-corrected chi connectivity index (χ4v) is 11.3. The van der Waals surface area contributed by atoms with Gasteiger partial charge in [0, 0.05) is 59.3 Å². The largest absolute Gasteiger partial charge is 0.640 e. The molecule has 12 rings (SSSR count). The van der Waals surface area contributed by atoms with Crippen molar-refractivity contribution in [1.29, 1.82) is 0 Å². The molecule has 0 saturated carbocycles. The third kappa shape index (κ3) is 25.5. The highest BCUT2D eigenvalue weighted by Gasteiger charge is 2.53. The second kappa shape index (κ2) is 39.7. The summed E-state index contributed by atoms with van der Waals surface area (Å²) in [5.74, 6) is 5.61. The Kier molecular flexibility index (Phi) is 31.0. The molecule has 8 aromatic carbocycles. The molecule has 0 bridgehead atoms. The van der Waals surface area contributed by atoms with Crippen LogP contribution in [0.5, 0.6) is 46.0 Å². The average molecular weight is 1820 g/mol. The summed E-state index contributed by atoms with van der Waals surface area (Å²) in [6, 6.07) is 51.5. The molecule has 0 radical (unpaired) electrons. The zero-order valence-electron chi connectivity index (χ0n) is 57.0. The summed E-state index contributed by atoms with van der Waals surface area (Å²) < 4.78 is 95.5. The number of nitrogens with zero attached hydrogens (tertiary/aromatic N) is 4. The third-order valence-electron chi connectivity index (χ3n) is 15.7. The van der Waals surface area contributed by atoms with Gasteiger partial charge in [0.15, 0.2) is 22.7 Å². The third-order valence-corrected chi connectivity index (χ3v) is 19.9. The van der Waals surface area contributed by atoms with Crippen LogP contribution in [0, 0.1) is 46.0 Å². The second-order valence-electron chi connectivity index (χ2n) is 24.8. The molecule has 0 spiro atoms. The topological polar surface area (TPSA) is 165 Å². The van der Waals surface area contributed by atoms with Crippen LogP contribution in [0.1, 0.15) is 83.1 Å². The van der Waals surface area contributed by atoms with Gasteiger partial charge in [0.25, 0.3) is 0 Å². The van der Waals surface area contributed by atoms with Gasteiger partial charge in [0.05, 0.1) is 63.9 Å². The summed E-state index contributed by atoms with van der Waals surface area (Å²) in [4.78, 5) is 13.5. The Morgan fingerprint density at radius 2 is 0.559 bits per heavy atom. The number of halogens is 4. The maximum atomic E-state index is 7.00. The SMILES string of the molecule is [C-]#[N+]c1ccc(Oc2ccc(I)c(COB3OC(C)(C)C(C)(C)O3)c2)cc1.[C-]#[N+]c1ccc(Oc2ccc(I)c(COB3OCC(C)(C)CO3)c2)cc1.[C-]#[N+]c1ccc(Oc2ccc(I)c(COB3OCCCCO3)c2)cc1.[C-]#[N+]c1ccc(Oc2ccc(I)c(COB3OCCCO3)c2)cc1. The predicted molar refractivity (Wildman–Crippen MR) is 424 cm³/mol. The van der Waals surface area contributed by atoms with Gasteiger partial charge in [-0.2, -0.15) is 0 Å². The molecule has 4 fully saturated rings. The molecule has 0 aromatic heterocycles. The van der Waals surface area contributed by atoms with E-state index in [-0.39, 0.29) is 5.41 Å². The van der Waals surface area contributed by atoms with E-state index in [0.717, 1.165) is 67.3 Å². The molecule has 20 nitrogen and oxygen atoms in total. The van der Waals surface area contributed by atoms with Gasteiger partial charge in [-0.05, 0) is 281 Å². The molecule has 524 valence electrons. The lowest BCUT2D eigenvalue weighted by Crippen LogP contribution is -2.42. The molecule has 8 aromatic rings. The smallest absolute Gasteiger partial charge is 0.457 e. The molecule has 4 aliphatic rings. The lowest BCUT2D eigenvalue weighted by molar-refractivity contribution is -0.0214. The molecule has 4 aliphatic heterocycles. The Hall–Kier alpha value is -6.38. The number of benzene rings is 8. The van der Waals surface area contributed by atoms with Gasteiger partial charge in [-0.3, -0.25) is 0 Å². The lowest BCUT2D eigenvalue weighted by atomic mass is 9.90. The molecule has 0 amide bonds. The highest BCUT2D eigenvalue weighted by atomic mass is 127. The Bertz CT molecular complexity index is 4180. The maximum Gasteiger partial charge on any atom is 0.640 e. The van der Waals surface area contributed by atoms with Gasteiger partial charge in [-0.1, -0.05) is 62.4 Å². The fraction of sp³-hybridized carbons (Fsp3) is 0.297. The van der Waals surface area contributed by atoms with Crippen molar-refractivity contribution in [1.82, 2.24) is 0 Å². The maximum absolute atomic E-state index is 7.00. The van der Waals surface area contributed by atoms with E-state index >= 15 is 0 Å². The number of ether oxygens (including phenoxy) is 4. The first-order valence-corrected chi connectivity index (χ1v) is 36.7. The molecular formula is C74H72B4I4N4O16. The van der Waals surface area contributed by atoms with Crippen molar-refractivity contribution in [3.8, 4) is 46.0 Å². The second-order valence-corrected chi connectivity index (χ2v) is 29.5. The van der Waals surface area contributed by atoms with Crippen molar-refractivity contribution in [2.45, 2.75) is 98.4 Å². The minimum Gasteiger partial charge on any atom is -0.457 e. The summed E-state index contributed by atoms with van der Waals surface area (Å²) in [6.07, 6.45) is 2.88. The highest BCUT2D eigenvalue weighted by molar-refractivity contribution is 14.1. The van der Waals surface area contributed by atoms with Crippen molar-refractivity contribution < 1.29 is 74.8 Å². The summed E-state index contributed by atoms with van der Waals surface area (Å²) in [7, 11) is -2.54. The summed E-state index contributed by atoms with van der Waals surface area (Å²) in [5, 5.41) is 0. The molecule has 0 atom stereocenters. The summed E-state index contributed by atoms with van der Waals surface area (Å²) in [5.41, 5.74) is 5.52. The van der Waals surface area contributed by atoms with E-state index in [2.05, 4.69) is 124 Å². The minimum absolute atomic E-state index is 0.0187. The molecule has 4 heterocycles. The first-order valence-electron chi connectivity index (χ1n) is 32.4. The van der Waals surface area contributed by atoms with Crippen molar-refractivity contribution in [2.24, 2.45) is 5.41 Å². The predicted octanol–water partition coefficient (Wildman–Crippen LogP) is 20.5. The molecule has 102 heavy (non-hydrogen) atoms. The first kappa shape index (κ1) is 79.7. The summed E-state index contributed by atoms with van der Waals surface area (Å²) >= 11 is 9.06. The zero-order chi connectivity index (χ0) is 72.5. The van der Waals surface area contributed by atoms with Crippen LogP contribution in [-0.4, -0.2) is 80.1 Å². The molecule has 28 heteroatoms. The van der Waals surface area contributed by atoms with Crippen molar-refractivity contribution >= 4 is 142 Å². The zero-order valence-corrected chi connectivity index (χ0v) is 65.6. The van der Waals surface area contributed by atoms with Crippen molar-refractivity contribution in [3.05, 3.63) is 252 Å². The number of rotatable bonds is 20. The monoisotopic (exact) mass is 1820 g/mol. The molecule has 4 saturated heterocycles. The van der Waals surface area contributed by atoms with E-state index < -0.39 is 40.5 Å². The molecule has 0 unspecified atom stereocenters. The van der Waals surface area contributed by atoms with Gasteiger partial charge < -0.3 is 74.8 Å². The molecular weight excluding hydrogens is 1750 g/mol. The average Bonchev–Trinajstić information content (AvgIpc) is 1.63. The Morgan fingerprint density at radius 3 is 0.824 bits per heavy atom. The van der Waals surface area contributed by atoms with Crippen LogP contribution >= 0.6 is 90.4 Å². The highest BCUT2D eigenvalue weighted by Crippen LogP contribution is 2.38. The van der Waals surface area contributed by atoms with Crippen LogP contribution in [0.2, 0.25) is 0 Å². The minimum atomic E-state index is -0.698. The number of hydrogen-bond acceptors (Lipinski definition) is 16. The van der Waals surface area contributed by atoms with E-state index in [1.54, 1.807) is 97.1 Å². The van der Waals surface area contributed by atoms with Crippen LogP contribution < -0.4 is 18.9 Å². The standard InChI is InChI=1S/C20H21BINO4.C19H19BINO4.C18H17BINO4.C17H15BINO4/c1-19(2)20(3,4)27-21(26-19)24-13-14-12-17(10-11-18(14)22)25-16-8-6-15(23-5)7-9-16;1-19(2)12-24-20(25-13-19)23-11-14-10-17(8-9-18(14)21)26-16-6-4-15(22-3)5-7-16;1-21-15-4-6-16(7-5-15)25-17-8-9-18(20)14(12-17)13-24-19-22-10-2-3-11-23-19;1-20-14-3-5-15(6-4-14)24-16-7-8-17(19)13(11-16)12-23-18-21-9-2-10-22-18/h6-12H,13H2,1-4H3;4-10H,11-13H2,1-2H3;4-9,12H,2-3,10-11,13H2;3-8,11H,2,9-10,12H2. The van der Waals surface area contributed by atoms with Gasteiger partial charge >= 0.3 is 29.3 Å². The normalized spacial score (nSPS) is 15.7. The van der Waals surface area contributed by atoms with E-state index in [1.807, 2.05) is 100 Å². The van der Waals surface area contributed by atoms with Crippen molar-refractivity contribution in [3.63, 3.8) is 0 Å². The van der Waals surface area contributed by atoms with E-state index in [4.69, 9.17) is 101 Å². The van der Waals surface area contributed by atoms with Crippen LogP contribution in [0.3, 0.4) is 0 Å². The van der Waals surface area contributed by atoms with Crippen LogP contribution in [-0.2, 0) is 82.3 Å². The van der Waals surface area contributed by atoms with Gasteiger partial charge in [0.1, 0.15) is 46.0 Å². The van der Waals surface area contributed by atoms with E-state index in [0.29, 0.717) is 123 Å². The molecule has 0 aliphatic carbocycles. The van der Waals surface area contributed by atoms with Gasteiger partial charge in [-0.25, -0.2) is 19.4 Å². The van der Waals surface area contributed by atoms with Gasteiger partial charge in [-0.15, -0.1) is 0 Å². The Labute approximate surface area is 652 Å².